The van der Waals surface area contributed by atoms with Gasteiger partial charge < -0.3 is 19.5 Å². The Labute approximate surface area is 191 Å². The quantitative estimate of drug-likeness (QED) is 0.689. The van der Waals surface area contributed by atoms with Crippen LogP contribution in [0.1, 0.15) is 43.5 Å². The number of aliphatic hydroxyl groups is 1. The Balaban J connectivity index is 1.35. The van der Waals surface area contributed by atoms with Gasteiger partial charge in [-0.1, -0.05) is 23.4 Å². The maximum absolute atomic E-state index is 10.0. The molecule has 0 unspecified atom stereocenters. The third-order valence-corrected chi connectivity index (χ3v) is 7.98. The molecule has 0 aromatic carbocycles. The van der Waals surface area contributed by atoms with E-state index in [0.717, 1.165) is 79.8 Å². The van der Waals surface area contributed by atoms with Crippen molar-refractivity contribution in [3.05, 3.63) is 28.7 Å². The molecule has 1 N–H and O–H groups in total. The first kappa shape index (κ1) is 21.2. The number of rotatable bonds is 6. The summed E-state index contributed by atoms with van der Waals surface area (Å²) in [7, 11) is 0. The molecule has 0 bridgehead atoms. The predicted molar refractivity (Wildman–Crippen MR) is 119 cm³/mol. The molecule has 1 spiro atoms. The lowest BCUT2D eigenvalue weighted by Crippen LogP contribution is -2.41. The number of aryl methyl sites for hydroxylation is 1. The van der Waals surface area contributed by atoms with Crippen LogP contribution in [-0.2, 0) is 11.3 Å². The van der Waals surface area contributed by atoms with Crippen molar-refractivity contribution in [3.63, 3.8) is 0 Å². The van der Waals surface area contributed by atoms with E-state index in [4.69, 9.17) is 31.0 Å². The van der Waals surface area contributed by atoms with Gasteiger partial charge in [0.15, 0.2) is 5.82 Å². The molecular formula is C22H27ClN4O3S. The number of halogens is 1. The molecule has 7 nitrogen and oxygen atoms in total. The lowest BCUT2D eigenvalue weighted by molar-refractivity contribution is 0.133. The Morgan fingerprint density at radius 3 is 2.77 bits per heavy atom. The molecule has 0 radical (unpaired) electrons. The Morgan fingerprint density at radius 2 is 2.10 bits per heavy atom. The van der Waals surface area contributed by atoms with Crippen molar-refractivity contribution < 1.29 is 14.6 Å². The highest BCUT2D eigenvalue weighted by Crippen LogP contribution is 2.42. The van der Waals surface area contributed by atoms with Gasteiger partial charge in [0.1, 0.15) is 21.8 Å². The van der Waals surface area contributed by atoms with Crippen LogP contribution in [0.2, 0.25) is 5.02 Å². The summed E-state index contributed by atoms with van der Waals surface area (Å²) < 4.78 is 11.4. The Hall–Kier alpha value is -1.61. The zero-order valence-electron chi connectivity index (χ0n) is 17.6. The second-order valence-corrected chi connectivity index (χ2v) is 10.1. The summed E-state index contributed by atoms with van der Waals surface area (Å²) in [5.74, 6) is 1.26. The summed E-state index contributed by atoms with van der Waals surface area (Å²) in [6, 6.07) is 1.86. The van der Waals surface area contributed by atoms with Crippen LogP contribution in [0.4, 0.5) is 5.82 Å². The second kappa shape index (κ2) is 8.73. The highest BCUT2D eigenvalue weighted by Gasteiger charge is 2.38. The normalized spacial score (nSPS) is 20.4. The minimum atomic E-state index is -0.152. The fourth-order valence-electron chi connectivity index (χ4n) is 4.23. The van der Waals surface area contributed by atoms with Gasteiger partial charge in [0, 0.05) is 30.8 Å². The summed E-state index contributed by atoms with van der Waals surface area (Å²) in [5, 5.41) is 11.3. The minimum Gasteiger partial charge on any atom is -0.473 e. The Morgan fingerprint density at radius 1 is 1.29 bits per heavy atom. The summed E-state index contributed by atoms with van der Waals surface area (Å²) in [6.45, 7) is 5.36. The van der Waals surface area contributed by atoms with Crippen LogP contribution in [0.15, 0.2) is 22.2 Å². The van der Waals surface area contributed by atoms with Crippen LogP contribution in [0.3, 0.4) is 0 Å². The van der Waals surface area contributed by atoms with Gasteiger partial charge in [0.05, 0.1) is 18.9 Å². The van der Waals surface area contributed by atoms with Crippen LogP contribution in [0.25, 0.3) is 0 Å². The van der Waals surface area contributed by atoms with Gasteiger partial charge >= 0.3 is 0 Å². The topological polar surface area (TPSA) is 80.6 Å². The fraction of sp³-hybridized carbons (Fsp3) is 0.591. The SMILES string of the molecule is Cc1nc(N2CCC3(CCOC3)CC2)c(CO)nc1Sc1ccnc(OC2CC2)c1Cl. The predicted octanol–water partition coefficient (Wildman–Crippen LogP) is 4.03. The van der Waals surface area contributed by atoms with Crippen molar-refractivity contribution in [2.45, 2.75) is 61.7 Å². The minimum absolute atomic E-state index is 0.152. The van der Waals surface area contributed by atoms with Crippen LogP contribution in [-0.4, -0.2) is 52.5 Å². The number of aliphatic hydroxyl groups excluding tert-OH is 1. The van der Waals surface area contributed by atoms with Crippen LogP contribution in [0, 0.1) is 12.3 Å². The van der Waals surface area contributed by atoms with Crippen LogP contribution < -0.4 is 9.64 Å². The maximum Gasteiger partial charge on any atom is 0.234 e. The molecule has 2 aliphatic heterocycles. The zero-order valence-corrected chi connectivity index (χ0v) is 19.2. The van der Waals surface area contributed by atoms with E-state index in [1.54, 1.807) is 6.20 Å². The summed E-state index contributed by atoms with van der Waals surface area (Å²) in [5.41, 5.74) is 1.75. The Kier molecular flexibility index (Phi) is 5.98. The molecule has 2 aromatic heterocycles. The van der Waals surface area contributed by atoms with Gasteiger partial charge in [-0.3, -0.25) is 0 Å². The van der Waals surface area contributed by atoms with E-state index in [-0.39, 0.29) is 12.7 Å². The molecule has 0 atom stereocenters. The van der Waals surface area contributed by atoms with E-state index in [0.29, 0.717) is 22.0 Å². The lowest BCUT2D eigenvalue weighted by atomic mass is 9.78. The van der Waals surface area contributed by atoms with Crippen molar-refractivity contribution >= 4 is 29.2 Å². The molecule has 9 heteroatoms. The highest BCUT2D eigenvalue weighted by atomic mass is 35.5. The van der Waals surface area contributed by atoms with Crippen molar-refractivity contribution in [1.82, 2.24) is 15.0 Å². The molecular weight excluding hydrogens is 436 g/mol. The number of anilines is 1. The van der Waals surface area contributed by atoms with Gasteiger partial charge in [0.2, 0.25) is 5.88 Å². The summed E-state index contributed by atoms with van der Waals surface area (Å²) >= 11 is 7.98. The first-order chi connectivity index (χ1) is 15.1. The maximum atomic E-state index is 10.0. The third kappa shape index (κ3) is 4.49. The van der Waals surface area contributed by atoms with Crippen molar-refractivity contribution in [1.29, 1.82) is 0 Å². The molecule has 1 saturated carbocycles. The van der Waals surface area contributed by atoms with E-state index in [1.807, 2.05) is 13.0 Å². The van der Waals surface area contributed by atoms with Gasteiger partial charge in [-0.2, -0.15) is 0 Å². The van der Waals surface area contributed by atoms with Gasteiger partial charge in [0.25, 0.3) is 0 Å². The van der Waals surface area contributed by atoms with Crippen molar-refractivity contribution in [3.8, 4) is 5.88 Å². The molecule has 1 aliphatic carbocycles. The monoisotopic (exact) mass is 462 g/mol. The number of ether oxygens (including phenoxy) is 2. The van der Waals surface area contributed by atoms with E-state index in [1.165, 1.54) is 11.8 Å². The van der Waals surface area contributed by atoms with Gasteiger partial charge in [-0.25, -0.2) is 15.0 Å². The van der Waals surface area contributed by atoms with Crippen LogP contribution in [0.5, 0.6) is 5.88 Å². The molecule has 31 heavy (non-hydrogen) atoms. The fourth-order valence-corrected chi connectivity index (χ4v) is 5.37. The number of aromatic nitrogens is 3. The molecule has 3 fully saturated rings. The number of piperidine rings is 1. The van der Waals surface area contributed by atoms with Crippen molar-refractivity contribution in [2.75, 3.05) is 31.2 Å². The van der Waals surface area contributed by atoms with E-state index < -0.39 is 0 Å². The molecule has 2 aromatic rings. The molecule has 2 saturated heterocycles. The first-order valence-corrected chi connectivity index (χ1v) is 12.1. The zero-order chi connectivity index (χ0) is 21.4. The van der Waals surface area contributed by atoms with Gasteiger partial charge in [-0.05, 0) is 50.5 Å². The average Bonchev–Trinajstić information content (AvgIpc) is 3.49. The molecule has 166 valence electrons. The number of nitrogens with zero attached hydrogens (tertiary/aromatic N) is 4. The van der Waals surface area contributed by atoms with E-state index in [2.05, 4.69) is 9.88 Å². The number of hydrogen-bond donors (Lipinski definition) is 1. The number of hydrogen-bond acceptors (Lipinski definition) is 8. The van der Waals surface area contributed by atoms with E-state index >= 15 is 0 Å². The van der Waals surface area contributed by atoms with E-state index in [9.17, 15) is 5.11 Å². The lowest BCUT2D eigenvalue weighted by Gasteiger charge is -2.39. The summed E-state index contributed by atoms with van der Waals surface area (Å²) in [4.78, 5) is 16.9. The molecule has 3 aliphatic rings. The highest BCUT2D eigenvalue weighted by molar-refractivity contribution is 7.99. The molecule has 0 amide bonds. The molecule has 4 heterocycles. The third-order valence-electron chi connectivity index (χ3n) is 6.37. The van der Waals surface area contributed by atoms with Crippen LogP contribution >= 0.6 is 23.4 Å². The average molecular weight is 463 g/mol. The van der Waals surface area contributed by atoms with Crippen molar-refractivity contribution in [2.24, 2.45) is 5.41 Å². The second-order valence-electron chi connectivity index (χ2n) is 8.68. The largest absolute Gasteiger partial charge is 0.473 e. The smallest absolute Gasteiger partial charge is 0.234 e. The molecule has 5 rings (SSSR count). The van der Waals surface area contributed by atoms with Gasteiger partial charge in [-0.15, -0.1) is 0 Å². The standard InChI is InChI=1S/C22H27ClN4O3S/c1-14-21(31-17-4-8-24-20(18(17)23)30-15-2-3-15)26-16(12-28)19(25-14)27-9-5-22(6-10-27)7-11-29-13-22/h4,8,15,28H,2-3,5-7,9-13H2,1H3. The number of pyridine rings is 1. The summed E-state index contributed by atoms with van der Waals surface area (Å²) in [6.07, 6.45) is 7.35. The first-order valence-electron chi connectivity index (χ1n) is 10.9. The Bertz CT molecular complexity index is 956.